The summed E-state index contributed by atoms with van der Waals surface area (Å²) in [5.41, 5.74) is 0.725. The van der Waals surface area contributed by atoms with Gasteiger partial charge in [0.1, 0.15) is 0 Å². The van der Waals surface area contributed by atoms with E-state index in [4.69, 9.17) is 9.47 Å². The molecule has 0 aromatic carbocycles. The zero-order valence-electron chi connectivity index (χ0n) is 12.2. The van der Waals surface area contributed by atoms with Crippen molar-refractivity contribution in [3.8, 4) is 0 Å². The first kappa shape index (κ1) is 16.2. The molecule has 0 aliphatic heterocycles. The van der Waals surface area contributed by atoms with Crippen molar-refractivity contribution in [1.82, 2.24) is 5.32 Å². The van der Waals surface area contributed by atoms with Gasteiger partial charge in [0.15, 0.2) is 0 Å². The first-order valence-corrected chi connectivity index (χ1v) is 7.37. The third-order valence-corrected chi connectivity index (χ3v) is 3.51. The first-order chi connectivity index (χ1) is 9.27. The van der Waals surface area contributed by atoms with Gasteiger partial charge < -0.3 is 14.8 Å². The highest BCUT2D eigenvalue weighted by atomic mass is 16.5. The van der Waals surface area contributed by atoms with Gasteiger partial charge in [-0.1, -0.05) is 32.3 Å². The molecule has 0 heterocycles. The predicted octanol–water partition coefficient (Wildman–Crippen LogP) is 2.43. The van der Waals surface area contributed by atoms with E-state index in [9.17, 15) is 4.79 Å². The highest BCUT2D eigenvalue weighted by Crippen LogP contribution is 2.19. The maximum absolute atomic E-state index is 11.3. The topological polar surface area (TPSA) is 47.6 Å². The van der Waals surface area contributed by atoms with Gasteiger partial charge in [-0.2, -0.15) is 0 Å². The smallest absolute Gasteiger partial charge is 0.333 e. The summed E-state index contributed by atoms with van der Waals surface area (Å²) in [5.74, 6) is -0.234. The number of hydrogen-bond donors (Lipinski definition) is 1. The van der Waals surface area contributed by atoms with Crippen molar-refractivity contribution in [2.45, 2.75) is 51.6 Å². The number of carbonyl (C=O) groups is 1. The molecule has 1 aliphatic carbocycles. The maximum atomic E-state index is 11.3. The molecule has 0 atom stereocenters. The summed E-state index contributed by atoms with van der Waals surface area (Å²) < 4.78 is 10.5. The lowest BCUT2D eigenvalue weighted by molar-refractivity contribution is -0.136. The number of esters is 1. The molecule has 4 nitrogen and oxygen atoms in total. The maximum Gasteiger partial charge on any atom is 0.333 e. The van der Waals surface area contributed by atoms with E-state index in [1.54, 1.807) is 0 Å². The summed E-state index contributed by atoms with van der Waals surface area (Å²) in [5, 5.41) is 3.26. The summed E-state index contributed by atoms with van der Waals surface area (Å²) in [6.45, 7) is 4.21. The molecule has 4 heteroatoms. The summed E-state index contributed by atoms with van der Waals surface area (Å²) in [4.78, 5) is 11.3. The minimum atomic E-state index is -0.234. The van der Waals surface area contributed by atoms with Crippen molar-refractivity contribution >= 4 is 5.97 Å². The molecule has 1 fully saturated rings. The van der Waals surface area contributed by atoms with Gasteiger partial charge in [-0.15, -0.1) is 0 Å². The van der Waals surface area contributed by atoms with E-state index in [0.29, 0.717) is 19.1 Å². The highest BCUT2D eigenvalue weighted by molar-refractivity contribution is 5.88. The van der Waals surface area contributed by atoms with Gasteiger partial charge >= 0.3 is 5.97 Å². The molecule has 19 heavy (non-hydrogen) atoms. The molecule has 1 saturated carbocycles. The number of ether oxygens (including phenoxy) is 2. The van der Waals surface area contributed by atoms with Crippen molar-refractivity contribution in [3.05, 3.63) is 11.6 Å². The van der Waals surface area contributed by atoms with E-state index in [1.165, 1.54) is 39.2 Å². The Hall–Kier alpha value is -0.870. The summed E-state index contributed by atoms with van der Waals surface area (Å²) in [6.07, 6.45) is 9.45. The van der Waals surface area contributed by atoms with Gasteiger partial charge in [-0.25, -0.2) is 4.79 Å². The van der Waals surface area contributed by atoms with Crippen LogP contribution in [0.15, 0.2) is 11.6 Å². The molecule has 0 aromatic heterocycles. The molecule has 110 valence electrons. The van der Waals surface area contributed by atoms with E-state index in [-0.39, 0.29) is 5.97 Å². The van der Waals surface area contributed by atoms with Gasteiger partial charge in [0.25, 0.3) is 0 Å². The molecule has 0 bridgehead atoms. The number of hydrogen-bond acceptors (Lipinski definition) is 4. The average molecular weight is 269 g/mol. The summed E-state index contributed by atoms with van der Waals surface area (Å²) >= 11 is 0. The zero-order valence-corrected chi connectivity index (χ0v) is 12.2. The minimum absolute atomic E-state index is 0.234. The van der Waals surface area contributed by atoms with Gasteiger partial charge in [0, 0.05) is 18.7 Å². The Morgan fingerprint density at radius 2 is 2.05 bits per heavy atom. The number of rotatable bonds is 8. The van der Waals surface area contributed by atoms with E-state index in [1.807, 2.05) is 13.0 Å². The van der Waals surface area contributed by atoms with Crippen LogP contribution in [-0.2, 0) is 14.3 Å². The van der Waals surface area contributed by atoms with Crippen LogP contribution in [-0.4, -0.2) is 38.9 Å². The number of methoxy groups -OCH3 is 1. The lowest BCUT2D eigenvalue weighted by atomic mass is 9.98. The second-order valence-corrected chi connectivity index (χ2v) is 4.91. The third kappa shape index (κ3) is 6.73. The molecular weight excluding hydrogens is 242 g/mol. The lowest BCUT2D eigenvalue weighted by Crippen LogP contribution is -2.25. The molecule has 0 spiro atoms. The fourth-order valence-corrected chi connectivity index (χ4v) is 2.33. The third-order valence-electron chi connectivity index (χ3n) is 3.51. The first-order valence-electron chi connectivity index (χ1n) is 7.37. The monoisotopic (exact) mass is 269 g/mol. The summed E-state index contributed by atoms with van der Waals surface area (Å²) in [6, 6.07) is 0. The summed E-state index contributed by atoms with van der Waals surface area (Å²) in [7, 11) is 1.41. The van der Waals surface area contributed by atoms with E-state index < -0.39 is 0 Å². The van der Waals surface area contributed by atoms with Crippen LogP contribution in [0.1, 0.15) is 45.4 Å². The molecule has 0 aromatic rings. The molecule has 1 aliphatic rings. The van der Waals surface area contributed by atoms with Gasteiger partial charge in [-0.3, -0.25) is 0 Å². The fraction of sp³-hybridized carbons (Fsp3) is 0.800. The van der Waals surface area contributed by atoms with Crippen LogP contribution in [0.5, 0.6) is 0 Å². The van der Waals surface area contributed by atoms with Crippen molar-refractivity contribution in [1.29, 1.82) is 0 Å². The predicted molar refractivity (Wildman–Crippen MR) is 76.1 cm³/mol. The molecular formula is C15H27NO3. The molecule has 0 saturated heterocycles. The Morgan fingerprint density at radius 3 is 2.68 bits per heavy atom. The van der Waals surface area contributed by atoms with Crippen molar-refractivity contribution in [2.24, 2.45) is 0 Å². The Kier molecular flexibility index (Phi) is 8.50. The fourth-order valence-electron chi connectivity index (χ4n) is 2.33. The van der Waals surface area contributed by atoms with Gasteiger partial charge in [-0.05, 0) is 19.3 Å². The van der Waals surface area contributed by atoms with Crippen LogP contribution in [0, 0.1) is 0 Å². The van der Waals surface area contributed by atoms with E-state index in [0.717, 1.165) is 18.7 Å². The quantitative estimate of drug-likeness (QED) is 0.418. The standard InChI is InChI=1S/C15H27NO3/c1-3-13(15(17)18-2)9-10-16-11-12-19-14-7-5-4-6-8-14/h9,14,16H,3-8,10-12H2,1-2H3. The molecule has 0 amide bonds. The zero-order chi connectivity index (χ0) is 13.9. The van der Waals surface area contributed by atoms with Crippen molar-refractivity contribution in [2.75, 3.05) is 26.8 Å². The highest BCUT2D eigenvalue weighted by Gasteiger charge is 2.12. The van der Waals surface area contributed by atoms with Gasteiger partial charge in [0.05, 0.1) is 19.8 Å². The van der Waals surface area contributed by atoms with Crippen LogP contribution in [0.4, 0.5) is 0 Å². The average Bonchev–Trinajstić information content (AvgIpc) is 2.47. The second kappa shape index (κ2) is 9.98. The Morgan fingerprint density at radius 1 is 1.32 bits per heavy atom. The Labute approximate surface area is 116 Å². The molecule has 1 N–H and O–H groups in total. The number of nitrogens with one attached hydrogen (secondary N) is 1. The van der Waals surface area contributed by atoms with Crippen molar-refractivity contribution in [3.63, 3.8) is 0 Å². The largest absolute Gasteiger partial charge is 0.466 e. The number of carbonyl (C=O) groups excluding carboxylic acids is 1. The van der Waals surface area contributed by atoms with Crippen LogP contribution < -0.4 is 5.32 Å². The minimum Gasteiger partial charge on any atom is -0.466 e. The SMILES string of the molecule is CCC(=CCNCCOC1CCCCC1)C(=O)OC. The molecule has 0 unspecified atom stereocenters. The van der Waals surface area contributed by atoms with E-state index in [2.05, 4.69) is 5.32 Å². The second-order valence-electron chi connectivity index (χ2n) is 4.91. The molecule has 0 radical (unpaired) electrons. The van der Waals surface area contributed by atoms with E-state index >= 15 is 0 Å². The van der Waals surface area contributed by atoms with Crippen LogP contribution >= 0.6 is 0 Å². The Balaban J connectivity index is 2.06. The van der Waals surface area contributed by atoms with Crippen LogP contribution in [0.25, 0.3) is 0 Å². The van der Waals surface area contributed by atoms with Crippen LogP contribution in [0.3, 0.4) is 0 Å². The lowest BCUT2D eigenvalue weighted by Gasteiger charge is -2.21. The van der Waals surface area contributed by atoms with Crippen molar-refractivity contribution < 1.29 is 14.3 Å². The van der Waals surface area contributed by atoms with Crippen LogP contribution in [0.2, 0.25) is 0 Å². The molecule has 1 rings (SSSR count). The Bertz CT molecular complexity index is 283. The normalized spacial score (nSPS) is 17.5. The van der Waals surface area contributed by atoms with Gasteiger partial charge in [0.2, 0.25) is 0 Å².